The van der Waals surface area contributed by atoms with Gasteiger partial charge in [-0.2, -0.15) is 0 Å². The van der Waals surface area contributed by atoms with Gasteiger partial charge in [-0.1, -0.05) is 0 Å². The summed E-state index contributed by atoms with van der Waals surface area (Å²) in [6.07, 6.45) is -4.67. The first-order valence-electron chi connectivity index (χ1n) is 1.22. The van der Waals surface area contributed by atoms with Crippen LogP contribution in [0.5, 0.6) is 0 Å². The minimum Gasteiger partial charge on any atom is -0.652 e. The van der Waals surface area contributed by atoms with Crippen LogP contribution in [-0.4, -0.2) is 12.3 Å². The van der Waals surface area contributed by atoms with Crippen molar-refractivity contribution < 1.29 is 64.2 Å². The molecule has 0 aliphatic rings. The summed E-state index contributed by atoms with van der Waals surface area (Å²) in [7, 11) is 0. The van der Waals surface area contributed by atoms with E-state index in [4.69, 9.17) is 30.0 Å². The van der Waals surface area contributed by atoms with Gasteiger partial charge in [-0.3, -0.25) is 0 Å². The summed E-state index contributed by atoms with van der Waals surface area (Å²) in [5.41, 5.74) is 0. The fourth-order valence-electron chi connectivity index (χ4n) is 0. The molecular weight excluding hydrogens is 238 g/mol. The second kappa shape index (κ2) is 15.8. The van der Waals surface area contributed by atoms with Crippen molar-refractivity contribution >= 4 is 12.3 Å². The maximum Gasteiger partial charge on any atom is 2.00 e. The van der Waals surface area contributed by atoms with E-state index in [0.717, 1.165) is 0 Å². The zero-order chi connectivity index (χ0) is 7.15. The summed E-state index contributed by atoms with van der Waals surface area (Å²) in [6.45, 7) is 0. The van der Waals surface area contributed by atoms with E-state index in [0.29, 0.717) is 0 Å². The first-order valence-corrected chi connectivity index (χ1v) is 1.22. The van der Waals surface area contributed by atoms with E-state index in [1.165, 1.54) is 0 Å². The fourth-order valence-corrected chi connectivity index (χ4v) is 0. The summed E-state index contributed by atoms with van der Waals surface area (Å²) in [5, 5.41) is 33.3. The Bertz CT molecular complexity index is 73.7. The van der Waals surface area contributed by atoms with E-state index in [1.54, 1.807) is 0 Å². The molecule has 0 spiro atoms. The molecule has 0 saturated carbocycles. The molecule has 62 valence electrons. The third-order valence-corrected chi connectivity index (χ3v) is 0. The fraction of sp³-hybridized carbons (Fsp3) is 0. The van der Waals surface area contributed by atoms with Crippen LogP contribution in [0.1, 0.15) is 0 Å². The Morgan fingerprint density at radius 2 is 0.800 bits per heavy atom. The van der Waals surface area contributed by atoms with E-state index < -0.39 is 12.3 Å². The van der Waals surface area contributed by atoms with E-state index in [1.807, 2.05) is 0 Å². The molecule has 2 radical (unpaired) electrons. The Hall–Kier alpha value is -0.421. The predicted molar refractivity (Wildman–Crippen MR) is 10.8 cm³/mol. The molecule has 8 heteroatoms. The first-order chi connectivity index (χ1) is 3.46. The topological polar surface area (TPSA) is 126 Å². The average molecular weight is 238 g/mol. The van der Waals surface area contributed by atoms with Crippen molar-refractivity contribution in [1.29, 1.82) is 0 Å². The summed E-state index contributed by atoms with van der Waals surface area (Å²) in [6, 6.07) is 0. The number of hydrogen-bond donors (Lipinski definition) is 0. The van der Waals surface area contributed by atoms with Crippen molar-refractivity contribution in [3.63, 3.8) is 0 Å². The number of carboxylic acid groups (broad SMARTS) is 4. The molecule has 0 fully saturated rings. The van der Waals surface area contributed by atoms with Crippen molar-refractivity contribution in [2.75, 3.05) is 0 Å². The van der Waals surface area contributed by atoms with Crippen molar-refractivity contribution in [1.82, 2.24) is 0 Å². The standard InChI is InChI=1S/2CH2O3.Cu.Mn/c2*2-1(3)4;;/h2*(H2,2,3,4);;/q;;2*+2/p-4. The number of carbonyl (C=O) groups is 2. The molecule has 0 aromatic carbocycles. The Morgan fingerprint density at radius 3 is 0.800 bits per heavy atom. The molecule has 6 nitrogen and oxygen atoms in total. The van der Waals surface area contributed by atoms with E-state index in [2.05, 4.69) is 0 Å². The van der Waals surface area contributed by atoms with Gasteiger partial charge in [-0.05, 0) is 12.3 Å². The molecule has 0 bridgehead atoms. The van der Waals surface area contributed by atoms with Crippen LogP contribution in [0.3, 0.4) is 0 Å². The molecule has 10 heavy (non-hydrogen) atoms. The Morgan fingerprint density at radius 1 is 0.800 bits per heavy atom. The van der Waals surface area contributed by atoms with E-state index in [-0.39, 0.29) is 34.1 Å². The monoisotopic (exact) mass is 238 g/mol. The second-order valence-corrected chi connectivity index (χ2v) is 0.500. The summed E-state index contributed by atoms with van der Waals surface area (Å²) in [4.78, 5) is 16.7. The van der Waals surface area contributed by atoms with Gasteiger partial charge in [0, 0.05) is 0 Å². The molecule has 0 heterocycles. The molecule has 0 rings (SSSR count). The van der Waals surface area contributed by atoms with Gasteiger partial charge >= 0.3 is 34.1 Å². The van der Waals surface area contributed by atoms with Gasteiger partial charge in [0.2, 0.25) is 0 Å². The first kappa shape index (κ1) is 22.7. The smallest absolute Gasteiger partial charge is 0.652 e. The largest absolute Gasteiger partial charge is 2.00 e. The third-order valence-electron chi connectivity index (χ3n) is 0. The van der Waals surface area contributed by atoms with Crippen molar-refractivity contribution in [2.24, 2.45) is 0 Å². The van der Waals surface area contributed by atoms with Gasteiger partial charge in [-0.25, -0.2) is 0 Å². The zero-order valence-corrected chi connectivity index (χ0v) is 6.25. The minimum atomic E-state index is -2.33. The van der Waals surface area contributed by atoms with Crippen LogP contribution in [0, 0.1) is 0 Å². The van der Waals surface area contributed by atoms with Crippen molar-refractivity contribution in [2.45, 2.75) is 0 Å². The molecule has 0 aromatic rings. The van der Waals surface area contributed by atoms with E-state index >= 15 is 0 Å². The van der Waals surface area contributed by atoms with Crippen LogP contribution < -0.4 is 20.4 Å². The number of hydrogen-bond acceptors (Lipinski definition) is 6. The molecule has 0 amide bonds. The van der Waals surface area contributed by atoms with Gasteiger partial charge in [0.05, 0.1) is 0 Å². The summed E-state index contributed by atoms with van der Waals surface area (Å²) < 4.78 is 0. The minimum absolute atomic E-state index is 0. The normalized spacial score (nSPS) is 4.80. The van der Waals surface area contributed by atoms with Crippen LogP contribution in [0.2, 0.25) is 0 Å². The molecule has 0 aromatic heterocycles. The Kier molecular flexibility index (Phi) is 35.9. The molecule has 0 N–H and O–H groups in total. The Balaban J connectivity index is -0.0000000300. The molecule has 0 atom stereocenters. The van der Waals surface area contributed by atoms with Crippen LogP contribution in [-0.2, 0) is 34.1 Å². The molecule has 0 unspecified atom stereocenters. The maximum absolute atomic E-state index is 8.33. The summed E-state index contributed by atoms with van der Waals surface area (Å²) >= 11 is 0. The van der Waals surface area contributed by atoms with Gasteiger partial charge in [0.25, 0.3) is 0 Å². The molecular formula is C2CuMnO6. The number of carbonyl (C=O) groups excluding carboxylic acids is 2. The predicted octanol–water partition coefficient (Wildman–Crippen LogP) is -4.90. The average Bonchev–Trinajstić information content (AvgIpc) is 1.25. The van der Waals surface area contributed by atoms with Gasteiger partial charge in [-0.15, -0.1) is 0 Å². The maximum atomic E-state index is 8.33. The van der Waals surface area contributed by atoms with Gasteiger partial charge in [0.1, 0.15) is 0 Å². The second-order valence-electron chi connectivity index (χ2n) is 0.500. The van der Waals surface area contributed by atoms with Crippen LogP contribution in [0.25, 0.3) is 0 Å². The van der Waals surface area contributed by atoms with E-state index in [9.17, 15) is 0 Å². The quantitative estimate of drug-likeness (QED) is 0.389. The zero-order valence-electron chi connectivity index (χ0n) is 4.13. The Labute approximate surface area is 76.8 Å². The summed E-state index contributed by atoms with van der Waals surface area (Å²) in [5.74, 6) is 0. The number of rotatable bonds is 0. The van der Waals surface area contributed by atoms with Gasteiger partial charge < -0.3 is 30.0 Å². The van der Waals surface area contributed by atoms with Crippen LogP contribution >= 0.6 is 0 Å². The SMILES string of the molecule is O=C([O-])[O-].O=C([O-])[O-].[Cu+2].[Mn+2]. The van der Waals surface area contributed by atoms with Crippen molar-refractivity contribution in [3.8, 4) is 0 Å². The molecule has 0 aliphatic carbocycles. The van der Waals surface area contributed by atoms with Crippen LogP contribution in [0.15, 0.2) is 0 Å². The molecule has 0 saturated heterocycles. The van der Waals surface area contributed by atoms with Crippen LogP contribution in [0.4, 0.5) is 9.59 Å². The van der Waals surface area contributed by atoms with Gasteiger partial charge in [0.15, 0.2) is 0 Å². The van der Waals surface area contributed by atoms with Crippen molar-refractivity contribution in [3.05, 3.63) is 0 Å². The molecule has 0 aliphatic heterocycles. The third kappa shape index (κ3) is 1850.